The lowest BCUT2D eigenvalue weighted by Gasteiger charge is -2.57. The third-order valence-electron chi connectivity index (χ3n) is 5.50. The molecule has 0 spiro atoms. The van der Waals surface area contributed by atoms with Crippen molar-refractivity contribution in [3.63, 3.8) is 0 Å². The molecule has 0 aliphatic heterocycles. The lowest BCUT2D eigenvalue weighted by atomic mass is 9.48. The van der Waals surface area contributed by atoms with E-state index in [1.165, 1.54) is 19.3 Å². The maximum Gasteiger partial charge on any atom is 0.0873 e. The molecule has 4 saturated carbocycles. The fourth-order valence-electron chi connectivity index (χ4n) is 5.36. The minimum atomic E-state index is 0.767. The van der Waals surface area contributed by atoms with Crippen LogP contribution in [0.5, 0.6) is 0 Å². The molecule has 0 aromatic heterocycles. The molecule has 4 bridgehead atoms. The Morgan fingerprint density at radius 2 is 1.59 bits per heavy atom. The van der Waals surface area contributed by atoms with Crippen molar-refractivity contribution < 1.29 is 4.74 Å². The zero-order chi connectivity index (χ0) is 11.7. The summed E-state index contributed by atoms with van der Waals surface area (Å²) in [5.74, 6) is 3.31. The third kappa shape index (κ3) is 2.39. The van der Waals surface area contributed by atoms with Crippen molar-refractivity contribution in [2.24, 2.45) is 23.2 Å². The van der Waals surface area contributed by atoms with E-state index in [1.807, 2.05) is 0 Å². The first-order chi connectivity index (χ1) is 8.30. The van der Waals surface area contributed by atoms with Gasteiger partial charge in [-0.15, -0.1) is 0 Å². The highest BCUT2D eigenvalue weighted by atomic mass is 16.5. The second-order valence-corrected chi connectivity index (χ2v) is 6.91. The second kappa shape index (κ2) is 4.66. The second-order valence-electron chi connectivity index (χ2n) is 6.91. The van der Waals surface area contributed by atoms with Gasteiger partial charge in [-0.05, 0) is 81.0 Å². The normalized spacial score (nSPS) is 42.7. The van der Waals surface area contributed by atoms with Crippen molar-refractivity contribution in [3.8, 4) is 0 Å². The zero-order valence-electron chi connectivity index (χ0n) is 11.0. The lowest BCUT2D eigenvalue weighted by Crippen LogP contribution is -2.45. The van der Waals surface area contributed by atoms with Crippen LogP contribution >= 0.6 is 0 Å². The smallest absolute Gasteiger partial charge is 0.0873 e. The molecule has 4 rings (SSSR count). The van der Waals surface area contributed by atoms with E-state index in [1.54, 1.807) is 44.8 Å². The first-order valence-electron chi connectivity index (χ1n) is 7.52. The molecule has 0 saturated heterocycles. The topological polar surface area (TPSA) is 9.23 Å². The standard InChI is InChI=1S/C16H26O/c1-2-17-6-4-3-5-16-10-13-7-14(11-16)9-15(8-13)12-16/h2,13-15H,1,3-12H2. The van der Waals surface area contributed by atoms with Gasteiger partial charge in [0.1, 0.15) is 0 Å². The van der Waals surface area contributed by atoms with Crippen LogP contribution in [-0.2, 0) is 4.74 Å². The van der Waals surface area contributed by atoms with E-state index in [0.717, 1.165) is 29.8 Å². The molecule has 0 aromatic rings. The Hall–Kier alpha value is -0.460. The fraction of sp³-hybridized carbons (Fsp3) is 0.875. The van der Waals surface area contributed by atoms with Crippen LogP contribution in [0.1, 0.15) is 57.8 Å². The maximum atomic E-state index is 5.22. The average Bonchev–Trinajstić information content (AvgIpc) is 2.26. The molecular weight excluding hydrogens is 208 g/mol. The Morgan fingerprint density at radius 3 is 2.12 bits per heavy atom. The highest BCUT2D eigenvalue weighted by molar-refractivity contribution is 5.01. The quantitative estimate of drug-likeness (QED) is 0.484. The van der Waals surface area contributed by atoms with E-state index < -0.39 is 0 Å². The molecular formula is C16H26O. The monoisotopic (exact) mass is 234 g/mol. The van der Waals surface area contributed by atoms with Crippen molar-refractivity contribution in [2.75, 3.05) is 6.61 Å². The minimum Gasteiger partial charge on any atom is -0.502 e. The molecule has 4 aliphatic rings. The summed E-state index contributed by atoms with van der Waals surface area (Å²) in [7, 11) is 0. The number of unbranched alkanes of at least 4 members (excludes halogenated alkanes) is 1. The first-order valence-corrected chi connectivity index (χ1v) is 7.52. The van der Waals surface area contributed by atoms with Crippen molar-refractivity contribution in [1.82, 2.24) is 0 Å². The van der Waals surface area contributed by atoms with Gasteiger partial charge in [-0.3, -0.25) is 0 Å². The predicted molar refractivity (Wildman–Crippen MR) is 70.6 cm³/mol. The summed E-state index contributed by atoms with van der Waals surface area (Å²) in [5.41, 5.74) is 0.767. The molecule has 0 amide bonds. The molecule has 17 heavy (non-hydrogen) atoms. The molecule has 0 aromatic carbocycles. The van der Waals surface area contributed by atoms with Gasteiger partial charge in [0, 0.05) is 0 Å². The van der Waals surface area contributed by atoms with E-state index >= 15 is 0 Å². The van der Waals surface area contributed by atoms with Crippen LogP contribution in [-0.4, -0.2) is 6.61 Å². The third-order valence-corrected chi connectivity index (χ3v) is 5.50. The minimum absolute atomic E-state index is 0.767. The SMILES string of the molecule is C=COCCCCC12CC3CC(CC(C3)C1)C2. The number of hydrogen-bond acceptors (Lipinski definition) is 1. The molecule has 0 atom stereocenters. The van der Waals surface area contributed by atoms with Gasteiger partial charge in [-0.2, -0.15) is 0 Å². The first kappa shape index (κ1) is 11.6. The molecule has 0 N–H and O–H groups in total. The van der Waals surface area contributed by atoms with Crippen LogP contribution in [0.15, 0.2) is 12.8 Å². The van der Waals surface area contributed by atoms with Crippen LogP contribution in [0, 0.1) is 23.2 Å². The van der Waals surface area contributed by atoms with Gasteiger partial charge in [0.25, 0.3) is 0 Å². The van der Waals surface area contributed by atoms with E-state index in [4.69, 9.17) is 4.74 Å². The Labute approximate surface area is 106 Å². The average molecular weight is 234 g/mol. The lowest BCUT2D eigenvalue weighted by molar-refractivity contribution is -0.0586. The highest BCUT2D eigenvalue weighted by Crippen LogP contribution is 2.61. The van der Waals surface area contributed by atoms with E-state index in [9.17, 15) is 0 Å². The van der Waals surface area contributed by atoms with Crippen molar-refractivity contribution in [1.29, 1.82) is 0 Å². The van der Waals surface area contributed by atoms with Crippen LogP contribution in [0.2, 0.25) is 0 Å². The summed E-state index contributed by atoms with van der Waals surface area (Å²) < 4.78 is 5.22. The summed E-state index contributed by atoms with van der Waals surface area (Å²) in [6.45, 7) is 4.46. The largest absolute Gasteiger partial charge is 0.502 e. The molecule has 0 heterocycles. The molecule has 4 fully saturated rings. The molecule has 96 valence electrons. The Bertz CT molecular complexity index is 246. The van der Waals surface area contributed by atoms with Gasteiger partial charge < -0.3 is 4.74 Å². The summed E-state index contributed by atoms with van der Waals surface area (Å²) in [6, 6.07) is 0. The Balaban J connectivity index is 1.50. The van der Waals surface area contributed by atoms with Crippen LogP contribution in [0.3, 0.4) is 0 Å². The van der Waals surface area contributed by atoms with Crippen LogP contribution in [0.4, 0.5) is 0 Å². The Kier molecular flexibility index (Phi) is 3.19. The number of ether oxygens (including phenoxy) is 1. The number of hydrogen-bond donors (Lipinski definition) is 0. The van der Waals surface area contributed by atoms with Crippen LogP contribution < -0.4 is 0 Å². The summed E-state index contributed by atoms with van der Waals surface area (Å²) in [6.07, 6.45) is 15.0. The predicted octanol–water partition coefficient (Wildman–Crippen LogP) is 4.53. The van der Waals surface area contributed by atoms with Gasteiger partial charge in [0.2, 0.25) is 0 Å². The van der Waals surface area contributed by atoms with Crippen molar-refractivity contribution in [3.05, 3.63) is 12.8 Å². The summed E-state index contributed by atoms with van der Waals surface area (Å²) in [5, 5.41) is 0. The maximum absolute atomic E-state index is 5.22. The molecule has 1 nitrogen and oxygen atoms in total. The summed E-state index contributed by atoms with van der Waals surface area (Å²) in [4.78, 5) is 0. The van der Waals surface area contributed by atoms with Crippen LogP contribution in [0.25, 0.3) is 0 Å². The number of rotatable bonds is 6. The van der Waals surface area contributed by atoms with Gasteiger partial charge in [0.05, 0.1) is 12.9 Å². The molecule has 0 radical (unpaired) electrons. The fourth-order valence-corrected chi connectivity index (χ4v) is 5.36. The highest BCUT2D eigenvalue weighted by Gasteiger charge is 2.50. The van der Waals surface area contributed by atoms with E-state index in [-0.39, 0.29) is 0 Å². The van der Waals surface area contributed by atoms with E-state index in [2.05, 4.69) is 6.58 Å². The Morgan fingerprint density at radius 1 is 1.00 bits per heavy atom. The van der Waals surface area contributed by atoms with Crippen molar-refractivity contribution >= 4 is 0 Å². The van der Waals surface area contributed by atoms with Crippen molar-refractivity contribution in [2.45, 2.75) is 57.8 Å². The summed E-state index contributed by atoms with van der Waals surface area (Å²) >= 11 is 0. The zero-order valence-corrected chi connectivity index (χ0v) is 11.0. The van der Waals surface area contributed by atoms with E-state index in [0.29, 0.717) is 0 Å². The molecule has 4 aliphatic carbocycles. The van der Waals surface area contributed by atoms with Gasteiger partial charge >= 0.3 is 0 Å². The molecule has 1 heteroatoms. The van der Waals surface area contributed by atoms with Gasteiger partial charge in [-0.1, -0.05) is 6.58 Å². The molecule has 0 unspecified atom stereocenters. The van der Waals surface area contributed by atoms with Gasteiger partial charge in [0.15, 0.2) is 0 Å². The van der Waals surface area contributed by atoms with Gasteiger partial charge in [-0.25, -0.2) is 0 Å².